The minimum absolute atomic E-state index is 0.0432. The van der Waals surface area contributed by atoms with Gasteiger partial charge in [-0.25, -0.2) is 0 Å². The van der Waals surface area contributed by atoms with Gasteiger partial charge in [0.15, 0.2) is 25.1 Å². The third-order valence-corrected chi connectivity index (χ3v) is 3.78. The summed E-state index contributed by atoms with van der Waals surface area (Å²) in [6.07, 6.45) is 0.300. The molecule has 158 valence electrons. The molecule has 0 fully saturated rings. The maximum absolute atomic E-state index is 11.0. The Bertz CT molecular complexity index is 605. The first-order valence-corrected chi connectivity index (χ1v) is 9.00. The monoisotopic (exact) mass is 400 g/mol. The molecule has 1 atom stereocenters. The summed E-state index contributed by atoms with van der Waals surface area (Å²) in [6.45, 7) is 3.49. The summed E-state index contributed by atoms with van der Waals surface area (Å²) in [6, 6.07) is 3.58. The highest BCUT2D eigenvalue weighted by Crippen LogP contribution is 2.41. The van der Waals surface area contributed by atoms with Crippen LogP contribution in [0.15, 0.2) is 12.1 Å². The van der Waals surface area contributed by atoms with Gasteiger partial charge in [-0.3, -0.25) is 4.79 Å². The quantitative estimate of drug-likeness (QED) is 0.262. The molecule has 0 unspecified atom stereocenters. The number of rotatable bonds is 14. The highest BCUT2D eigenvalue weighted by Gasteiger charge is 2.28. The fraction of sp³-hybridized carbons (Fsp3) is 0.632. The predicted molar refractivity (Wildman–Crippen MR) is 97.8 cm³/mol. The van der Waals surface area contributed by atoms with Crippen molar-refractivity contribution in [1.29, 1.82) is 0 Å². The summed E-state index contributed by atoms with van der Waals surface area (Å²) < 4.78 is 42.8. The molecule has 1 aromatic rings. The van der Waals surface area contributed by atoms with Gasteiger partial charge in [0.2, 0.25) is 0 Å². The van der Waals surface area contributed by atoms with Crippen molar-refractivity contribution in [3.8, 4) is 17.2 Å². The topological polar surface area (TPSA) is 90.9 Å². The number of ether oxygens (including phenoxy) is 8. The molecule has 0 amide bonds. The summed E-state index contributed by atoms with van der Waals surface area (Å²) in [5.74, 6) is 1.33. The van der Waals surface area contributed by atoms with Gasteiger partial charge in [0, 0.05) is 39.2 Å². The van der Waals surface area contributed by atoms with Crippen molar-refractivity contribution in [2.75, 3.05) is 60.8 Å². The van der Waals surface area contributed by atoms with Gasteiger partial charge in [0.25, 0.3) is 0 Å². The van der Waals surface area contributed by atoms with E-state index in [0.717, 1.165) is 5.56 Å². The van der Waals surface area contributed by atoms with Crippen LogP contribution < -0.4 is 14.2 Å². The molecule has 1 aromatic carbocycles. The van der Waals surface area contributed by atoms with Crippen LogP contribution in [0.1, 0.15) is 12.5 Å². The summed E-state index contributed by atoms with van der Waals surface area (Å²) in [5, 5.41) is 0. The zero-order valence-electron chi connectivity index (χ0n) is 16.6. The number of fused-ring (bicyclic) bond motifs is 1. The molecule has 9 heteroatoms. The van der Waals surface area contributed by atoms with Crippen LogP contribution >= 0.6 is 0 Å². The number of esters is 1. The Morgan fingerprint density at radius 1 is 1.04 bits per heavy atom. The third-order valence-electron chi connectivity index (χ3n) is 3.78. The minimum Gasteiger partial charge on any atom is -0.482 e. The van der Waals surface area contributed by atoms with E-state index in [4.69, 9.17) is 37.9 Å². The standard InChI is InChI=1S/C19H28O9/c1-14(20)25-11-17-9-15-8-16(26-12-23-6-4-21-2)10-18(19(15)28-17)27-13-24-7-5-22-3/h8,10,17H,4-7,9,11-13H2,1-3H3/t17-/m1/s1. The Hall–Kier alpha value is -2.07. The van der Waals surface area contributed by atoms with Crippen molar-refractivity contribution in [3.63, 3.8) is 0 Å². The second kappa shape index (κ2) is 12.4. The van der Waals surface area contributed by atoms with Gasteiger partial charge in [0.1, 0.15) is 18.5 Å². The molecule has 1 aliphatic rings. The SMILES string of the molecule is COCCOCOc1cc2c(c(OCOCCOC)c1)O[C@@H](COC(C)=O)C2. The van der Waals surface area contributed by atoms with Gasteiger partial charge in [-0.2, -0.15) is 0 Å². The third kappa shape index (κ3) is 7.51. The van der Waals surface area contributed by atoms with Crippen molar-refractivity contribution >= 4 is 5.97 Å². The zero-order valence-corrected chi connectivity index (χ0v) is 16.6. The first kappa shape index (κ1) is 22.2. The van der Waals surface area contributed by atoms with E-state index < -0.39 is 0 Å². The van der Waals surface area contributed by atoms with Crippen molar-refractivity contribution in [1.82, 2.24) is 0 Å². The van der Waals surface area contributed by atoms with E-state index in [1.165, 1.54) is 6.92 Å². The highest BCUT2D eigenvalue weighted by molar-refractivity contribution is 5.66. The lowest BCUT2D eigenvalue weighted by Crippen LogP contribution is -2.22. The van der Waals surface area contributed by atoms with Gasteiger partial charge >= 0.3 is 5.97 Å². The van der Waals surface area contributed by atoms with Gasteiger partial charge in [0.05, 0.1) is 26.4 Å². The number of carbonyl (C=O) groups excluding carboxylic acids is 1. The van der Waals surface area contributed by atoms with E-state index in [9.17, 15) is 4.79 Å². The predicted octanol–water partition coefficient (Wildman–Crippen LogP) is 1.55. The summed E-state index contributed by atoms with van der Waals surface area (Å²) >= 11 is 0. The summed E-state index contributed by atoms with van der Waals surface area (Å²) in [7, 11) is 3.21. The second-order valence-corrected chi connectivity index (χ2v) is 5.98. The van der Waals surface area contributed by atoms with E-state index in [2.05, 4.69) is 0 Å². The molecule has 9 nitrogen and oxygen atoms in total. The van der Waals surface area contributed by atoms with Gasteiger partial charge in [-0.05, 0) is 6.07 Å². The Labute approximate surface area is 164 Å². The van der Waals surface area contributed by atoms with Gasteiger partial charge in [-0.1, -0.05) is 0 Å². The molecular formula is C19H28O9. The summed E-state index contributed by atoms with van der Waals surface area (Å²) in [4.78, 5) is 11.0. The largest absolute Gasteiger partial charge is 0.482 e. The van der Waals surface area contributed by atoms with Crippen LogP contribution in [0, 0.1) is 0 Å². The van der Waals surface area contributed by atoms with E-state index in [1.807, 2.05) is 6.07 Å². The lowest BCUT2D eigenvalue weighted by molar-refractivity contribution is -0.143. The highest BCUT2D eigenvalue weighted by atomic mass is 16.7. The molecule has 0 radical (unpaired) electrons. The average molecular weight is 400 g/mol. The summed E-state index contributed by atoms with van der Waals surface area (Å²) in [5.41, 5.74) is 0.901. The number of methoxy groups -OCH3 is 2. The number of benzene rings is 1. The first-order valence-electron chi connectivity index (χ1n) is 9.00. The maximum atomic E-state index is 11.0. The van der Waals surface area contributed by atoms with Crippen molar-refractivity contribution < 1.29 is 42.7 Å². The number of hydrogen-bond acceptors (Lipinski definition) is 9. The molecule has 28 heavy (non-hydrogen) atoms. The van der Waals surface area contributed by atoms with E-state index in [0.29, 0.717) is 50.1 Å². The molecule has 0 N–H and O–H groups in total. The lowest BCUT2D eigenvalue weighted by atomic mass is 10.1. The van der Waals surface area contributed by atoms with Crippen molar-refractivity contribution in [2.45, 2.75) is 19.4 Å². The van der Waals surface area contributed by atoms with Gasteiger partial charge < -0.3 is 37.9 Å². The molecule has 0 spiro atoms. The molecule has 0 bridgehead atoms. The number of carbonyl (C=O) groups is 1. The molecule has 0 saturated heterocycles. The van der Waals surface area contributed by atoms with Gasteiger partial charge in [-0.15, -0.1) is 0 Å². The molecule has 0 aromatic heterocycles. The molecule has 1 aliphatic heterocycles. The van der Waals surface area contributed by atoms with Crippen LogP contribution in [0.4, 0.5) is 0 Å². The van der Waals surface area contributed by atoms with Crippen molar-refractivity contribution in [3.05, 3.63) is 17.7 Å². The van der Waals surface area contributed by atoms with Crippen molar-refractivity contribution in [2.24, 2.45) is 0 Å². The van der Waals surface area contributed by atoms with E-state index >= 15 is 0 Å². The molecule has 0 aliphatic carbocycles. The van der Waals surface area contributed by atoms with Crippen LogP contribution in [0.2, 0.25) is 0 Å². The fourth-order valence-corrected chi connectivity index (χ4v) is 2.48. The molecule has 0 saturated carbocycles. The Morgan fingerprint density at radius 2 is 1.71 bits per heavy atom. The van der Waals surface area contributed by atoms with Crippen LogP contribution in [-0.4, -0.2) is 72.9 Å². The van der Waals surface area contributed by atoms with Crippen LogP contribution in [0.25, 0.3) is 0 Å². The van der Waals surface area contributed by atoms with Crippen LogP contribution in [0.5, 0.6) is 17.2 Å². The van der Waals surface area contributed by atoms with E-state index in [1.54, 1.807) is 20.3 Å². The Morgan fingerprint density at radius 3 is 2.36 bits per heavy atom. The normalized spacial score (nSPS) is 15.0. The second-order valence-electron chi connectivity index (χ2n) is 5.98. The van der Waals surface area contributed by atoms with Crippen LogP contribution in [-0.2, 0) is 34.9 Å². The van der Waals surface area contributed by atoms with E-state index in [-0.39, 0.29) is 32.3 Å². The minimum atomic E-state index is -0.347. The van der Waals surface area contributed by atoms with Crippen LogP contribution in [0.3, 0.4) is 0 Å². The molecular weight excluding hydrogens is 372 g/mol. The maximum Gasteiger partial charge on any atom is 0.302 e. The lowest BCUT2D eigenvalue weighted by Gasteiger charge is -2.14. The fourth-order valence-electron chi connectivity index (χ4n) is 2.48. The number of hydrogen-bond donors (Lipinski definition) is 0. The molecule has 1 heterocycles. The zero-order chi connectivity index (χ0) is 20.2. The first-order chi connectivity index (χ1) is 13.6. The smallest absolute Gasteiger partial charge is 0.302 e. The average Bonchev–Trinajstić information content (AvgIpc) is 3.09. The molecule has 2 rings (SSSR count). The Kier molecular flexibility index (Phi) is 9.84. The Balaban J connectivity index is 1.98.